The van der Waals surface area contributed by atoms with E-state index in [1.54, 1.807) is 12.1 Å². The summed E-state index contributed by atoms with van der Waals surface area (Å²) in [4.78, 5) is 17.6. The van der Waals surface area contributed by atoms with Crippen LogP contribution in [0.15, 0.2) is 36.5 Å². The maximum atomic E-state index is 12.8. The summed E-state index contributed by atoms with van der Waals surface area (Å²) in [7, 11) is 0. The normalized spacial score (nSPS) is 15.1. The van der Waals surface area contributed by atoms with Crippen molar-refractivity contribution >= 4 is 40.6 Å². The number of hydrogen-bond donors (Lipinski definition) is 1. The highest BCUT2D eigenvalue weighted by atomic mass is 35.5. The fourth-order valence-corrected chi connectivity index (χ4v) is 4.30. The smallest absolute Gasteiger partial charge is 0.225 e. The van der Waals surface area contributed by atoms with Crippen molar-refractivity contribution in [1.82, 2.24) is 9.38 Å². The third kappa shape index (κ3) is 3.89. The van der Waals surface area contributed by atoms with Crippen LogP contribution in [0, 0.1) is 12.8 Å². The Morgan fingerprint density at radius 2 is 1.96 bits per heavy atom. The van der Waals surface area contributed by atoms with Gasteiger partial charge in [-0.25, -0.2) is 4.98 Å². The van der Waals surface area contributed by atoms with Crippen LogP contribution in [-0.2, 0) is 4.79 Å². The Hall–Kier alpha value is -2.04. The molecule has 1 aliphatic rings. The number of amides is 1. The molecule has 1 aromatic carbocycles. The number of benzene rings is 1. The maximum absolute atomic E-state index is 12.8. The molecule has 0 spiro atoms. The van der Waals surface area contributed by atoms with E-state index in [-0.39, 0.29) is 5.91 Å². The molecule has 0 radical (unpaired) electrons. The number of halogens is 2. The minimum absolute atomic E-state index is 0.0384. The number of rotatable bonds is 4. The predicted molar refractivity (Wildman–Crippen MR) is 115 cm³/mol. The van der Waals surface area contributed by atoms with Crippen LogP contribution in [0.25, 0.3) is 16.9 Å². The number of carbonyl (C=O) groups is 1. The molecule has 146 valence electrons. The van der Waals surface area contributed by atoms with Gasteiger partial charge in [0.15, 0.2) is 0 Å². The Morgan fingerprint density at radius 1 is 1.18 bits per heavy atom. The minimum Gasteiger partial charge on any atom is -0.310 e. The Morgan fingerprint density at radius 3 is 2.71 bits per heavy atom. The summed E-state index contributed by atoms with van der Waals surface area (Å²) in [5, 5.41) is 4.09. The third-order valence-corrected chi connectivity index (χ3v) is 6.23. The second kappa shape index (κ2) is 8.14. The number of carbonyl (C=O) groups excluding carboxylic acids is 1. The predicted octanol–water partition coefficient (Wildman–Crippen LogP) is 6.53. The molecule has 1 N–H and O–H groups in total. The standard InChI is InChI=1S/C22H23Cl2N3O/c1-14-6-5-11-27-21(14)26-20(16-9-10-17(23)18(24)13-16)22(27)25-19(28)12-15-7-3-2-4-8-15/h5-6,9-11,13,15H,2-4,7-8,12H2,1H3,(H,25,28). The summed E-state index contributed by atoms with van der Waals surface area (Å²) >= 11 is 12.3. The second-order valence-corrected chi connectivity index (χ2v) is 8.39. The molecule has 2 aromatic heterocycles. The van der Waals surface area contributed by atoms with Crippen LogP contribution in [0.5, 0.6) is 0 Å². The van der Waals surface area contributed by atoms with Crippen LogP contribution in [0.3, 0.4) is 0 Å². The number of hydrogen-bond acceptors (Lipinski definition) is 2. The first-order valence-corrected chi connectivity index (χ1v) is 10.5. The summed E-state index contributed by atoms with van der Waals surface area (Å²) in [6.45, 7) is 2.01. The van der Waals surface area contributed by atoms with E-state index < -0.39 is 0 Å². The van der Waals surface area contributed by atoms with Crippen LogP contribution < -0.4 is 5.32 Å². The van der Waals surface area contributed by atoms with Gasteiger partial charge in [0.25, 0.3) is 0 Å². The van der Waals surface area contributed by atoms with Gasteiger partial charge in [-0.1, -0.05) is 54.6 Å². The molecule has 3 aromatic rings. The summed E-state index contributed by atoms with van der Waals surface area (Å²) in [6, 6.07) is 9.39. The topological polar surface area (TPSA) is 46.4 Å². The number of imidazole rings is 1. The number of pyridine rings is 1. The molecule has 4 nitrogen and oxygen atoms in total. The van der Waals surface area contributed by atoms with Crippen molar-refractivity contribution in [2.45, 2.75) is 45.4 Å². The van der Waals surface area contributed by atoms with E-state index >= 15 is 0 Å². The van der Waals surface area contributed by atoms with Crippen molar-refractivity contribution in [2.24, 2.45) is 5.92 Å². The SMILES string of the molecule is Cc1cccn2c(NC(=O)CC3CCCCC3)c(-c3ccc(Cl)c(Cl)c3)nc12. The van der Waals surface area contributed by atoms with E-state index in [0.717, 1.165) is 29.6 Å². The highest BCUT2D eigenvalue weighted by molar-refractivity contribution is 6.42. The monoisotopic (exact) mass is 415 g/mol. The lowest BCUT2D eigenvalue weighted by molar-refractivity contribution is -0.117. The van der Waals surface area contributed by atoms with Gasteiger partial charge in [-0.05, 0) is 49.4 Å². The van der Waals surface area contributed by atoms with E-state index in [1.807, 2.05) is 35.7 Å². The Kier molecular flexibility index (Phi) is 5.61. The molecule has 6 heteroatoms. The minimum atomic E-state index is 0.0384. The molecule has 4 rings (SSSR count). The second-order valence-electron chi connectivity index (χ2n) is 7.58. The first kappa shape index (κ1) is 19.3. The summed E-state index contributed by atoms with van der Waals surface area (Å²) in [5.41, 5.74) is 3.38. The summed E-state index contributed by atoms with van der Waals surface area (Å²) in [5.74, 6) is 1.19. The molecular formula is C22H23Cl2N3O. The number of fused-ring (bicyclic) bond motifs is 1. The molecule has 1 amide bonds. The van der Waals surface area contributed by atoms with Gasteiger partial charge in [-0.3, -0.25) is 9.20 Å². The summed E-state index contributed by atoms with van der Waals surface area (Å²) in [6.07, 6.45) is 8.49. The fourth-order valence-electron chi connectivity index (χ4n) is 4.00. The fraction of sp³-hybridized carbons (Fsp3) is 0.364. The lowest BCUT2D eigenvalue weighted by atomic mass is 9.87. The van der Waals surface area contributed by atoms with Gasteiger partial charge in [0.2, 0.25) is 5.91 Å². The van der Waals surface area contributed by atoms with E-state index in [9.17, 15) is 4.79 Å². The van der Waals surface area contributed by atoms with Crippen molar-refractivity contribution in [3.05, 3.63) is 52.1 Å². The van der Waals surface area contributed by atoms with Gasteiger partial charge in [0, 0.05) is 18.2 Å². The van der Waals surface area contributed by atoms with E-state index in [0.29, 0.717) is 33.9 Å². The molecule has 1 aliphatic carbocycles. The van der Waals surface area contributed by atoms with Crippen molar-refractivity contribution in [3.63, 3.8) is 0 Å². The molecule has 0 saturated heterocycles. The number of nitrogens with zero attached hydrogens (tertiary/aromatic N) is 2. The average molecular weight is 416 g/mol. The Balaban J connectivity index is 1.71. The van der Waals surface area contributed by atoms with Crippen LogP contribution >= 0.6 is 23.2 Å². The largest absolute Gasteiger partial charge is 0.310 e. The van der Waals surface area contributed by atoms with Crippen molar-refractivity contribution in [1.29, 1.82) is 0 Å². The number of anilines is 1. The molecular weight excluding hydrogens is 393 g/mol. The molecule has 0 atom stereocenters. The first-order valence-electron chi connectivity index (χ1n) is 9.76. The number of nitrogens with one attached hydrogen (secondary N) is 1. The van der Waals surface area contributed by atoms with Crippen LogP contribution in [-0.4, -0.2) is 15.3 Å². The van der Waals surface area contributed by atoms with E-state index in [1.165, 1.54) is 19.3 Å². The maximum Gasteiger partial charge on any atom is 0.225 e. The highest BCUT2D eigenvalue weighted by Gasteiger charge is 2.21. The number of aromatic nitrogens is 2. The zero-order valence-corrected chi connectivity index (χ0v) is 17.4. The quantitative estimate of drug-likeness (QED) is 0.526. The highest BCUT2D eigenvalue weighted by Crippen LogP contribution is 2.34. The van der Waals surface area contributed by atoms with Crippen molar-refractivity contribution in [2.75, 3.05) is 5.32 Å². The van der Waals surface area contributed by atoms with E-state index in [4.69, 9.17) is 28.2 Å². The molecule has 2 heterocycles. The lowest BCUT2D eigenvalue weighted by Crippen LogP contribution is -2.19. The van der Waals surface area contributed by atoms with Gasteiger partial charge >= 0.3 is 0 Å². The first-order chi connectivity index (χ1) is 13.5. The van der Waals surface area contributed by atoms with Crippen molar-refractivity contribution in [3.8, 4) is 11.3 Å². The van der Waals surface area contributed by atoms with Gasteiger partial charge in [-0.2, -0.15) is 0 Å². The van der Waals surface area contributed by atoms with Crippen LogP contribution in [0.4, 0.5) is 5.82 Å². The molecule has 28 heavy (non-hydrogen) atoms. The van der Waals surface area contributed by atoms with Gasteiger partial charge in [0.1, 0.15) is 17.2 Å². The molecule has 0 unspecified atom stereocenters. The third-order valence-electron chi connectivity index (χ3n) is 5.49. The Labute approximate surface area is 174 Å². The molecule has 1 fully saturated rings. The van der Waals surface area contributed by atoms with Crippen molar-refractivity contribution < 1.29 is 4.79 Å². The lowest BCUT2D eigenvalue weighted by Gasteiger charge is -2.21. The zero-order chi connectivity index (χ0) is 19.7. The molecule has 1 saturated carbocycles. The average Bonchev–Trinajstić information content (AvgIpc) is 3.04. The zero-order valence-electron chi connectivity index (χ0n) is 15.8. The van der Waals surface area contributed by atoms with E-state index in [2.05, 4.69) is 5.32 Å². The Bertz CT molecular complexity index is 1020. The molecule has 0 aliphatic heterocycles. The molecule has 0 bridgehead atoms. The van der Waals surface area contributed by atoms with Gasteiger partial charge in [0.05, 0.1) is 10.0 Å². The van der Waals surface area contributed by atoms with Crippen LogP contribution in [0.1, 0.15) is 44.1 Å². The van der Waals surface area contributed by atoms with Gasteiger partial charge in [-0.15, -0.1) is 0 Å². The van der Waals surface area contributed by atoms with Crippen LogP contribution in [0.2, 0.25) is 10.0 Å². The summed E-state index contributed by atoms with van der Waals surface area (Å²) < 4.78 is 1.94. The number of aryl methyl sites for hydroxylation is 1. The van der Waals surface area contributed by atoms with Gasteiger partial charge < -0.3 is 5.32 Å².